The van der Waals surface area contributed by atoms with Crippen molar-refractivity contribution in [3.63, 3.8) is 0 Å². The maximum absolute atomic E-state index is 13.7. The zero-order valence-electron chi connectivity index (χ0n) is 11.6. The van der Waals surface area contributed by atoms with Crippen LogP contribution in [-0.2, 0) is 6.54 Å². The number of nitrogens with zero attached hydrogens (tertiary/aromatic N) is 2. The molecule has 2 rings (SSSR count). The third-order valence-electron chi connectivity index (χ3n) is 3.06. The van der Waals surface area contributed by atoms with Crippen LogP contribution in [0.1, 0.15) is 29.8 Å². The van der Waals surface area contributed by atoms with Crippen LogP contribution < -0.4 is 0 Å². The molecule has 0 aliphatic heterocycles. The van der Waals surface area contributed by atoms with Gasteiger partial charge in [0.05, 0.1) is 5.56 Å². The van der Waals surface area contributed by atoms with Gasteiger partial charge >= 0.3 is 0 Å². The summed E-state index contributed by atoms with van der Waals surface area (Å²) >= 11 is 0. The number of halogens is 1. The van der Waals surface area contributed by atoms with Gasteiger partial charge < -0.3 is 4.90 Å². The van der Waals surface area contributed by atoms with E-state index in [1.54, 1.807) is 29.4 Å². The molecule has 0 saturated carbocycles. The Kier molecular flexibility index (Phi) is 4.45. The minimum absolute atomic E-state index is 0.0256. The van der Waals surface area contributed by atoms with E-state index >= 15 is 0 Å². The first-order valence-corrected chi connectivity index (χ1v) is 6.54. The molecule has 1 amide bonds. The summed E-state index contributed by atoms with van der Waals surface area (Å²) in [5.41, 5.74) is 1.02. The maximum atomic E-state index is 13.7. The molecule has 3 nitrogen and oxygen atoms in total. The Morgan fingerprint density at radius 3 is 2.60 bits per heavy atom. The summed E-state index contributed by atoms with van der Waals surface area (Å²) in [6.07, 6.45) is 3.39. The van der Waals surface area contributed by atoms with Crippen LogP contribution in [0.5, 0.6) is 0 Å². The lowest BCUT2D eigenvalue weighted by Crippen LogP contribution is -2.36. The number of hydrogen-bond donors (Lipinski definition) is 0. The van der Waals surface area contributed by atoms with Gasteiger partial charge in [-0.3, -0.25) is 9.78 Å². The van der Waals surface area contributed by atoms with Gasteiger partial charge in [-0.15, -0.1) is 0 Å². The quantitative estimate of drug-likeness (QED) is 0.855. The number of rotatable bonds is 4. The summed E-state index contributed by atoms with van der Waals surface area (Å²) in [4.78, 5) is 18.1. The van der Waals surface area contributed by atoms with Crippen molar-refractivity contribution in [2.75, 3.05) is 0 Å². The van der Waals surface area contributed by atoms with E-state index in [0.29, 0.717) is 6.54 Å². The van der Waals surface area contributed by atoms with Gasteiger partial charge in [0.1, 0.15) is 5.82 Å². The number of aromatic nitrogens is 1. The van der Waals surface area contributed by atoms with Crippen molar-refractivity contribution in [3.8, 4) is 0 Å². The Morgan fingerprint density at radius 2 is 2.00 bits per heavy atom. The van der Waals surface area contributed by atoms with Gasteiger partial charge in [-0.05, 0) is 37.6 Å². The number of benzene rings is 1. The zero-order chi connectivity index (χ0) is 14.5. The summed E-state index contributed by atoms with van der Waals surface area (Å²) < 4.78 is 13.7. The van der Waals surface area contributed by atoms with E-state index in [2.05, 4.69) is 4.98 Å². The lowest BCUT2D eigenvalue weighted by Gasteiger charge is -2.27. The van der Waals surface area contributed by atoms with E-state index in [0.717, 1.165) is 5.56 Å². The van der Waals surface area contributed by atoms with Gasteiger partial charge in [0.2, 0.25) is 0 Å². The predicted molar refractivity (Wildman–Crippen MR) is 75.6 cm³/mol. The highest BCUT2D eigenvalue weighted by Gasteiger charge is 2.21. The molecule has 0 spiro atoms. The Balaban J connectivity index is 2.25. The Bertz CT molecular complexity index is 584. The highest BCUT2D eigenvalue weighted by Crippen LogP contribution is 2.15. The molecule has 0 bridgehead atoms. The molecule has 0 atom stereocenters. The Labute approximate surface area is 118 Å². The van der Waals surface area contributed by atoms with Crippen molar-refractivity contribution in [3.05, 3.63) is 65.7 Å². The number of hydrogen-bond acceptors (Lipinski definition) is 2. The van der Waals surface area contributed by atoms with Crippen molar-refractivity contribution >= 4 is 5.91 Å². The molecule has 20 heavy (non-hydrogen) atoms. The normalized spacial score (nSPS) is 10.6. The van der Waals surface area contributed by atoms with Crippen molar-refractivity contribution in [2.24, 2.45) is 0 Å². The largest absolute Gasteiger partial charge is 0.332 e. The van der Waals surface area contributed by atoms with Crippen molar-refractivity contribution in [1.29, 1.82) is 0 Å². The fraction of sp³-hybridized carbons (Fsp3) is 0.250. The molecule has 1 aromatic heterocycles. The van der Waals surface area contributed by atoms with Gasteiger partial charge in [0.25, 0.3) is 5.91 Å². The van der Waals surface area contributed by atoms with Gasteiger partial charge in [0, 0.05) is 25.0 Å². The Hall–Kier alpha value is -2.23. The van der Waals surface area contributed by atoms with Crippen LogP contribution in [0, 0.1) is 5.82 Å². The molecule has 2 aromatic rings. The van der Waals surface area contributed by atoms with Gasteiger partial charge in [-0.2, -0.15) is 0 Å². The molecule has 0 saturated heterocycles. The SMILES string of the molecule is CC(C)N(Cc1cccnc1)C(=O)c1ccccc1F. The maximum Gasteiger partial charge on any atom is 0.257 e. The summed E-state index contributed by atoms with van der Waals surface area (Å²) in [5, 5.41) is 0. The molecule has 1 heterocycles. The molecule has 0 unspecified atom stereocenters. The highest BCUT2D eigenvalue weighted by atomic mass is 19.1. The van der Waals surface area contributed by atoms with Crippen LogP contribution in [0.25, 0.3) is 0 Å². The fourth-order valence-corrected chi connectivity index (χ4v) is 1.97. The van der Waals surface area contributed by atoms with E-state index in [9.17, 15) is 9.18 Å². The first-order valence-electron chi connectivity index (χ1n) is 6.54. The summed E-state index contributed by atoms with van der Waals surface area (Å²) in [7, 11) is 0. The second kappa shape index (κ2) is 6.28. The molecule has 4 heteroatoms. The first-order chi connectivity index (χ1) is 9.59. The summed E-state index contributed by atoms with van der Waals surface area (Å²) in [6.45, 7) is 4.24. The smallest absolute Gasteiger partial charge is 0.257 e. The molecule has 0 radical (unpaired) electrons. The van der Waals surface area contributed by atoms with E-state index < -0.39 is 5.82 Å². The number of carbonyl (C=O) groups is 1. The van der Waals surface area contributed by atoms with Crippen molar-refractivity contribution in [2.45, 2.75) is 26.4 Å². The Morgan fingerprint density at radius 1 is 1.25 bits per heavy atom. The number of pyridine rings is 1. The van der Waals surface area contributed by atoms with Crippen LogP contribution in [0.3, 0.4) is 0 Å². The van der Waals surface area contributed by atoms with Crippen LogP contribution in [0.15, 0.2) is 48.8 Å². The molecule has 0 aliphatic rings. The molecule has 0 fully saturated rings. The zero-order valence-corrected chi connectivity index (χ0v) is 11.6. The van der Waals surface area contributed by atoms with Crippen molar-refractivity contribution in [1.82, 2.24) is 9.88 Å². The predicted octanol–water partition coefficient (Wildman–Crippen LogP) is 3.27. The molecular formula is C16H17FN2O. The number of carbonyl (C=O) groups excluding carboxylic acids is 1. The third kappa shape index (κ3) is 3.20. The second-order valence-electron chi connectivity index (χ2n) is 4.87. The van der Waals surface area contributed by atoms with Gasteiger partial charge in [0.15, 0.2) is 0 Å². The van der Waals surface area contributed by atoms with Crippen LogP contribution >= 0.6 is 0 Å². The average Bonchev–Trinajstić information content (AvgIpc) is 2.45. The van der Waals surface area contributed by atoms with E-state index in [-0.39, 0.29) is 17.5 Å². The third-order valence-corrected chi connectivity index (χ3v) is 3.06. The average molecular weight is 272 g/mol. The van der Waals surface area contributed by atoms with E-state index in [1.807, 2.05) is 26.0 Å². The lowest BCUT2D eigenvalue weighted by molar-refractivity contribution is 0.0685. The summed E-state index contributed by atoms with van der Waals surface area (Å²) in [5.74, 6) is -0.795. The minimum Gasteiger partial charge on any atom is -0.332 e. The monoisotopic (exact) mass is 272 g/mol. The molecule has 0 N–H and O–H groups in total. The van der Waals surface area contributed by atoms with Gasteiger partial charge in [-0.1, -0.05) is 18.2 Å². The first kappa shape index (κ1) is 14.2. The molecule has 0 aliphatic carbocycles. The minimum atomic E-state index is -0.491. The van der Waals surface area contributed by atoms with E-state index in [4.69, 9.17) is 0 Å². The van der Waals surface area contributed by atoms with Crippen LogP contribution in [0.2, 0.25) is 0 Å². The van der Waals surface area contributed by atoms with Crippen molar-refractivity contribution < 1.29 is 9.18 Å². The van der Waals surface area contributed by atoms with E-state index in [1.165, 1.54) is 12.1 Å². The van der Waals surface area contributed by atoms with Crippen LogP contribution in [-0.4, -0.2) is 21.8 Å². The van der Waals surface area contributed by atoms with Gasteiger partial charge in [-0.25, -0.2) is 4.39 Å². The fourth-order valence-electron chi connectivity index (χ4n) is 1.97. The lowest BCUT2D eigenvalue weighted by atomic mass is 10.1. The standard InChI is InChI=1S/C16H17FN2O/c1-12(2)19(11-13-6-5-9-18-10-13)16(20)14-7-3-4-8-15(14)17/h3-10,12H,11H2,1-2H3. The molecule has 104 valence electrons. The molecular weight excluding hydrogens is 255 g/mol. The second-order valence-corrected chi connectivity index (χ2v) is 4.87. The topological polar surface area (TPSA) is 33.2 Å². The summed E-state index contributed by atoms with van der Waals surface area (Å²) in [6, 6.07) is 9.75. The van der Waals surface area contributed by atoms with Crippen LogP contribution in [0.4, 0.5) is 4.39 Å². The molecule has 1 aromatic carbocycles. The highest BCUT2D eigenvalue weighted by molar-refractivity contribution is 5.94. The number of amides is 1.